The third-order valence-electron chi connectivity index (χ3n) is 4.77. The van der Waals surface area contributed by atoms with E-state index >= 15 is 0 Å². The second kappa shape index (κ2) is 10.1. The zero-order chi connectivity index (χ0) is 25.0. The Labute approximate surface area is 197 Å². The number of aromatic nitrogens is 4. The number of hydrogen-bond donors (Lipinski definition) is 5. The lowest BCUT2D eigenvalue weighted by Gasteiger charge is -2.21. The molecule has 13 nitrogen and oxygen atoms in total. The average Bonchev–Trinajstić information content (AvgIpc) is 2.76. The molecule has 0 saturated carbocycles. The lowest BCUT2D eigenvalue weighted by atomic mass is 10.1. The first-order chi connectivity index (χ1) is 16.0. The number of carbonyl (C=O) groups excluding carboxylic acids is 1. The molecule has 0 radical (unpaired) electrons. The summed E-state index contributed by atoms with van der Waals surface area (Å²) in [4.78, 5) is 52.7. The van der Waals surface area contributed by atoms with Gasteiger partial charge in [0.25, 0.3) is 5.91 Å². The molecule has 0 fully saturated rings. The van der Waals surface area contributed by atoms with E-state index in [-0.39, 0.29) is 41.0 Å². The van der Waals surface area contributed by atoms with Gasteiger partial charge in [-0.05, 0) is 24.6 Å². The fourth-order valence-corrected chi connectivity index (χ4v) is 3.44. The fourth-order valence-electron chi connectivity index (χ4n) is 3.11. The number of amides is 1. The summed E-state index contributed by atoms with van der Waals surface area (Å²) in [7, 11) is 1.75. The highest BCUT2D eigenvalue weighted by molar-refractivity contribution is 6.33. The second-order valence-corrected chi connectivity index (χ2v) is 7.73. The molecule has 0 aliphatic carbocycles. The Morgan fingerprint density at radius 1 is 1.18 bits per heavy atom. The molecule has 2 heterocycles. The van der Waals surface area contributed by atoms with Crippen molar-refractivity contribution < 1.29 is 24.6 Å². The van der Waals surface area contributed by atoms with Crippen LogP contribution < -0.4 is 21.7 Å². The summed E-state index contributed by atoms with van der Waals surface area (Å²) in [6, 6.07) is 3.11. The first-order valence-corrected chi connectivity index (χ1v) is 10.2. The van der Waals surface area contributed by atoms with Crippen LogP contribution in [0.25, 0.3) is 11.2 Å². The number of benzene rings is 1. The molecule has 0 saturated heterocycles. The van der Waals surface area contributed by atoms with Crippen LogP contribution in [0.4, 0.5) is 17.5 Å². The van der Waals surface area contributed by atoms with Crippen LogP contribution in [0.3, 0.4) is 0 Å². The Balaban J connectivity index is 1.74. The van der Waals surface area contributed by atoms with Crippen molar-refractivity contribution in [2.75, 3.05) is 23.4 Å². The second-order valence-electron chi connectivity index (χ2n) is 7.32. The Hall–Kier alpha value is -4.26. The number of carboxylic acid groups (broad SMARTS) is 2. The highest BCUT2D eigenvalue weighted by Gasteiger charge is 2.22. The van der Waals surface area contributed by atoms with E-state index < -0.39 is 30.3 Å². The maximum atomic E-state index is 12.5. The molecular formula is C20H21ClN8O5. The lowest BCUT2D eigenvalue weighted by molar-refractivity contribution is -0.140. The molecule has 3 aromatic rings. The first kappa shape index (κ1) is 24.4. The third-order valence-corrected chi connectivity index (χ3v) is 5.07. The van der Waals surface area contributed by atoms with Gasteiger partial charge in [-0.3, -0.25) is 9.59 Å². The molecule has 1 amide bonds. The van der Waals surface area contributed by atoms with Gasteiger partial charge in [-0.1, -0.05) is 11.6 Å². The van der Waals surface area contributed by atoms with Crippen LogP contribution in [0.5, 0.6) is 0 Å². The largest absolute Gasteiger partial charge is 0.481 e. The molecular weight excluding hydrogens is 468 g/mol. The zero-order valence-corrected chi connectivity index (χ0v) is 18.7. The number of hydrogen-bond acceptors (Lipinski definition) is 10. The minimum Gasteiger partial charge on any atom is -0.481 e. The third kappa shape index (κ3) is 5.75. The van der Waals surface area contributed by atoms with Crippen molar-refractivity contribution in [3.05, 3.63) is 40.7 Å². The molecule has 34 heavy (non-hydrogen) atoms. The van der Waals surface area contributed by atoms with Gasteiger partial charge in [-0.2, -0.15) is 9.97 Å². The molecule has 178 valence electrons. The van der Waals surface area contributed by atoms with Crippen molar-refractivity contribution in [2.24, 2.45) is 0 Å². The van der Waals surface area contributed by atoms with E-state index in [1.165, 1.54) is 18.3 Å². The topological polar surface area (TPSA) is 211 Å². The predicted molar refractivity (Wildman–Crippen MR) is 123 cm³/mol. The highest BCUT2D eigenvalue weighted by atomic mass is 35.5. The van der Waals surface area contributed by atoms with Crippen LogP contribution in [0.15, 0.2) is 24.4 Å². The van der Waals surface area contributed by atoms with Crippen LogP contribution in [-0.2, 0) is 16.1 Å². The molecule has 0 bridgehead atoms. The van der Waals surface area contributed by atoms with Crippen molar-refractivity contribution in [1.82, 2.24) is 25.3 Å². The number of carbonyl (C=O) groups is 3. The monoisotopic (exact) mass is 488 g/mol. The van der Waals surface area contributed by atoms with E-state index in [0.717, 1.165) is 0 Å². The van der Waals surface area contributed by atoms with E-state index in [4.69, 9.17) is 28.2 Å². The van der Waals surface area contributed by atoms with Crippen molar-refractivity contribution in [2.45, 2.75) is 25.4 Å². The number of nitrogens with two attached hydrogens (primary N) is 2. The van der Waals surface area contributed by atoms with Crippen LogP contribution in [0.2, 0.25) is 5.02 Å². The van der Waals surface area contributed by atoms with E-state index in [9.17, 15) is 19.5 Å². The van der Waals surface area contributed by atoms with Crippen molar-refractivity contribution in [1.29, 1.82) is 0 Å². The van der Waals surface area contributed by atoms with Gasteiger partial charge in [0, 0.05) is 19.0 Å². The Morgan fingerprint density at radius 2 is 1.91 bits per heavy atom. The summed E-state index contributed by atoms with van der Waals surface area (Å²) in [6.45, 7) is 0.286. The maximum absolute atomic E-state index is 12.5. The Kier molecular flexibility index (Phi) is 7.26. The van der Waals surface area contributed by atoms with Gasteiger partial charge in [0.15, 0.2) is 17.0 Å². The SMILES string of the molecule is CN(Cc1cnc2nc(N)nc(N)c2n1)c1ccc(C(=O)N[C@@H](CCC(=O)O)C(=O)O)cc1Cl. The molecule has 7 N–H and O–H groups in total. The van der Waals surface area contributed by atoms with Crippen LogP contribution >= 0.6 is 11.6 Å². The standard InChI is InChI=1S/C20H21ClN8O5/c1-29(8-10-7-24-17-15(25-10)16(22)27-20(23)28-17)13-4-2-9(6-11(13)21)18(32)26-12(19(33)34)3-5-14(30)31/h2,4,6-7,12H,3,5,8H2,1H3,(H,26,32)(H,30,31)(H,33,34)(H4,22,23,24,27,28)/t12-/m0/s1. The number of fused-ring (bicyclic) bond motifs is 1. The minimum absolute atomic E-state index is 0.00311. The number of aliphatic carboxylic acids is 2. The van der Waals surface area contributed by atoms with Gasteiger partial charge in [0.1, 0.15) is 6.04 Å². The summed E-state index contributed by atoms with van der Waals surface area (Å²) in [6.07, 6.45) is 0.869. The number of rotatable bonds is 9. The van der Waals surface area contributed by atoms with Gasteiger partial charge < -0.3 is 31.9 Å². The number of nitrogens with one attached hydrogen (secondary N) is 1. The smallest absolute Gasteiger partial charge is 0.326 e. The summed E-state index contributed by atoms with van der Waals surface area (Å²) >= 11 is 6.37. The van der Waals surface area contributed by atoms with Gasteiger partial charge >= 0.3 is 11.9 Å². The summed E-state index contributed by atoms with van der Waals surface area (Å²) in [5.74, 6) is -3.08. The highest BCUT2D eigenvalue weighted by Crippen LogP contribution is 2.27. The number of halogens is 1. The van der Waals surface area contributed by atoms with Crippen LogP contribution in [0, 0.1) is 0 Å². The van der Waals surface area contributed by atoms with Crippen molar-refractivity contribution >= 4 is 58.1 Å². The normalized spacial score (nSPS) is 11.7. The molecule has 0 spiro atoms. The van der Waals surface area contributed by atoms with E-state index in [0.29, 0.717) is 16.9 Å². The van der Waals surface area contributed by atoms with Crippen molar-refractivity contribution in [3.63, 3.8) is 0 Å². The molecule has 3 rings (SSSR count). The summed E-state index contributed by atoms with van der Waals surface area (Å²) in [5.41, 5.74) is 13.2. The van der Waals surface area contributed by atoms with Crippen LogP contribution in [0.1, 0.15) is 28.9 Å². The molecule has 1 aromatic carbocycles. The number of carboxylic acids is 2. The summed E-state index contributed by atoms with van der Waals surface area (Å²) in [5, 5.41) is 20.5. The van der Waals surface area contributed by atoms with E-state index in [2.05, 4.69) is 25.3 Å². The van der Waals surface area contributed by atoms with Gasteiger partial charge in [0.2, 0.25) is 5.95 Å². The quantitative estimate of drug-likeness (QED) is 0.284. The van der Waals surface area contributed by atoms with Crippen LogP contribution in [-0.4, -0.2) is 61.1 Å². The van der Waals surface area contributed by atoms with E-state index in [1.807, 2.05) is 0 Å². The van der Waals surface area contributed by atoms with Gasteiger partial charge in [0.05, 0.1) is 29.1 Å². The lowest BCUT2D eigenvalue weighted by Crippen LogP contribution is -2.41. The molecule has 1 atom stereocenters. The Bertz CT molecular complexity index is 1270. The fraction of sp³-hybridized carbons (Fsp3) is 0.250. The number of nitrogen functional groups attached to an aromatic ring is 2. The van der Waals surface area contributed by atoms with Crippen molar-refractivity contribution in [3.8, 4) is 0 Å². The maximum Gasteiger partial charge on any atom is 0.326 e. The summed E-state index contributed by atoms with van der Waals surface area (Å²) < 4.78 is 0. The predicted octanol–water partition coefficient (Wildman–Crippen LogP) is 0.922. The van der Waals surface area contributed by atoms with Gasteiger partial charge in [-0.15, -0.1) is 0 Å². The molecule has 2 aromatic heterocycles. The molecule has 14 heteroatoms. The minimum atomic E-state index is -1.34. The Morgan fingerprint density at radius 3 is 2.56 bits per heavy atom. The number of nitrogens with zero attached hydrogens (tertiary/aromatic N) is 5. The first-order valence-electron chi connectivity index (χ1n) is 9.86. The van der Waals surface area contributed by atoms with Gasteiger partial charge in [-0.25, -0.2) is 14.8 Å². The molecule has 0 aliphatic rings. The average molecular weight is 489 g/mol. The molecule has 0 aliphatic heterocycles. The number of anilines is 3. The zero-order valence-electron chi connectivity index (χ0n) is 17.9. The van der Waals surface area contributed by atoms with E-state index in [1.54, 1.807) is 18.0 Å². The molecule has 0 unspecified atom stereocenters.